The predicted octanol–water partition coefficient (Wildman–Crippen LogP) is 5.16. The molecule has 0 radical (unpaired) electrons. The maximum absolute atomic E-state index is 10.8. The average molecular weight is 457 g/mol. The number of fused-ring (bicyclic) bond motifs is 2. The van der Waals surface area contributed by atoms with E-state index in [-0.39, 0.29) is 23.2 Å². The van der Waals surface area contributed by atoms with Gasteiger partial charge in [0.05, 0.1) is 19.3 Å². The van der Waals surface area contributed by atoms with E-state index in [2.05, 4.69) is 76.0 Å². The van der Waals surface area contributed by atoms with Crippen molar-refractivity contribution in [2.75, 3.05) is 13.2 Å². The zero-order valence-corrected chi connectivity index (χ0v) is 21.4. The fraction of sp³-hybridized carbons (Fsp3) is 0.704. The van der Waals surface area contributed by atoms with Gasteiger partial charge in [0.1, 0.15) is 6.10 Å². The molecule has 0 amide bonds. The highest BCUT2D eigenvalue weighted by Gasteiger charge is 2.62. The molecule has 1 aromatic rings. The number of hydrogen-bond acceptors (Lipinski definition) is 4. The number of rotatable bonds is 5. The van der Waals surface area contributed by atoms with Crippen LogP contribution in [0.2, 0.25) is 18.1 Å². The molecule has 2 aliphatic carbocycles. The van der Waals surface area contributed by atoms with Crippen molar-refractivity contribution in [3.8, 4) is 11.8 Å². The van der Waals surface area contributed by atoms with E-state index in [9.17, 15) is 5.11 Å². The topological polar surface area (TPSA) is 47.9 Å². The Morgan fingerprint density at radius 3 is 2.50 bits per heavy atom. The van der Waals surface area contributed by atoms with Crippen LogP contribution in [0.3, 0.4) is 0 Å². The smallest absolute Gasteiger partial charge is 0.193 e. The van der Waals surface area contributed by atoms with Gasteiger partial charge < -0.3 is 19.0 Å². The van der Waals surface area contributed by atoms with E-state index in [1.807, 2.05) is 0 Å². The second-order valence-corrected chi connectivity index (χ2v) is 16.1. The third-order valence-corrected chi connectivity index (χ3v) is 12.7. The summed E-state index contributed by atoms with van der Waals surface area (Å²) in [5.74, 6) is 7.31. The van der Waals surface area contributed by atoms with Gasteiger partial charge in [0.15, 0.2) is 14.1 Å². The van der Waals surface area contributed by atoms with E-state index < -0.39 is 14.1 Å². The number of aliphatic hydroxyl groups is 1. The molecule has 5 heteroatoms. The molecule has 1 spiro atoms. The summed E-state index contributed by atoms with van der Waals surface area (Å²) in [4.78, 5) is 0. The van der Waals surface area contributed by atoms with E-state index in [1.165, 1.54) is 5.56 Å². The molecule has 4 nitrogen and oxygen atoms in total. The number of ether oxygens (including phenoxy) is 2. The van der Waals surface area contributed by atoms with Crippen molar-refractivity contribution in [1.29, 1.82) is 0 Å². The van der Waals surface area contributed by atoms with Gasteiger partial charge in [-0.2, -0.15) is 0 Å². The highest BCUT2D eigenvalue weighted by atomic mass is 28.4. The van der Waals surface area contributed by atoms with Crippen LogP contribution in [-0.2, 0) is 20.3 Å². The Morgan fingerprint density at radius 2 is 1.84 bits per heavy atom. The second kappa shape index (κ2) is 9.23. The van der Waals surface area contributed by atoms with Gasteiger partial charge in [-0.05, 0) is 55.3 Å². The molecule has 0 bridgehead atoms. The monoisotopic (exact) mass is 456 g/mol. The molecule has 1 aromatic carbocycles. The lowest BCUT2D eigenvalue weighted by atomic mass is 9.56. The maximum atomic E-state index is 10.8. The van der Waals surface area contributed by atoms with Gasteiger partial charge in [-0.3, -0.25) is 0 Å². The van der Waals surface area contributed by atoms with Crippen molar-refractivity contribution in [2.45, 2.75) is 89.0 Å². The van der Waals surface area contributed by atoms with E-state index in [0.29, 0.717) is 25.0 Å². The Kier molecular flexibility index (Phi) is 6.92. The van der Waals surface area contributed by atoms with E-state index in [0.717, 1.165) is 32.1 Å². The maximum Gasteiger partial charge on any atom is 0.193 e. The normalized spacial score (nSPS) is 30.2. The van der Waals surface area contributed by atoms with Crippen LogP contribution in [0.25, 0.3) is 0 Å². The first-order valence-electron chi connectivity index (χ1n) is 12.3. The average Bonchev–Trinajstić information content (AvgIpc) is 3.22. The van der Waals surface area contributed by atoms with Crippen molar-refractivity contribution < 1.29 is 19.0 Å². The van der Waals surface area contributed by atoms with E-state index in [1.54, 1.807) is 0 Å². The largest absolute Gasteiger partial charge is 0.403 e. The molecule has 1 N–H and O–H groups in total. The second-order valence-electron chi connectivity index (χ2n) is 11.3. The molecule has 3 fully saturated rings. The molecule has 2 saturated carbocycles. The lowest BCUT2D eigenvalue weighted by Gasteiger charge is -2.56. The molecular weight excluding hydrogens is 416 g/mol. The summed E-state index contributed by atoms with van der Waals surface area (Å²) in [6.07, 6.45) is 3.91. The van der Waals surface area contributed by atoms with E-state index >= 15 is 0 Å². The van der Waals surface area contributed by atoms with Crippen LogP contribution < -0.4 is 0 Å². The fourth-order valence-electron chi connectivity index (χ4n) is 5.24. The lowest BCUT2D eigenvalue weighted by molar-refractivity contribution is -0.296. The minimum absolute atomic E-state index is 0.0191. The van der Waals surface area contributed by atoms with Crippen LogP contribution in [0.4, 0.5) is 0 Å². The van der Waals surface area contributed by atoms with Crippen molar-refractivity contribution in [2.24, 2.45) is 17.8 Å². The molecule has 0 aromatic heterocycles. The zero-order chi connectivity index (χ0) is 23.0. The van der Waals surface area contributed by atoms with Gasteiger partial charge in [-0.25, -0.2) is 0 Å². The van der Waals surface area contributed by atoms with Crippen LogP contribution in [0.15, 0.2) is 30.3 Å². The summed E-state index contributed by atoms with van der Waals surface area (Å²) in [5.41, 5.74) is 1.31. The number of benzene rings is 1. The molecular formula is C27H40O4Si. The summed E-state index contributed by atoms with van der Waals surface area (Å²) >= 11 is 0. The third kappa shape index (κ3) is 4.86. The minimum atomic E-state index is -1.96. The summed E-state index contributed by atoms with van der Waals surface area (Å²) in [7, 11) is -1.96. The van der Waals surface area contributed by atoms with Gasteiger partial charge >= 0.3 is 0 Å². The highest BCUT2D eigenvalue weighted by molar-refractivity contribution is 6.74. The molecule has 176 valence electrons. The van der Waals surface area contributed by atoms with Gasteiger partial charge in [-0.1, -0.05) is 62.9 Å². The molecule has 5 atom stereocenters. The van der Waals surface area contributed by atoms with Crippen LogP contribution >= 0.6 is 0 Å². The Hall–Kier alpha value is -1.16. The SMILES string of the molecule is CC(C)(C)[Si](C)(C)O[C@@H](C#C[C@@H]1[C@H]2CC3(OCCO3)[C@H]2CC[C@H]1O)CCc1ccccc1. The van der Waals surface area contributed by atoms with Gasteiger partial charge in [0, 0.05) is 18.3 Å². The van der Waals surface area contributed by atoms with Crippen molar-refractivity contribution in [1.82, 2.24) is 0 Å². The Bertz CT molecular complexity index is 829. The summed E-state index contributed by atoms with van der Waals surface area (Å²) in [6, 6.07) is 10.6. The molecule has 32 heavy (non-hydrogen) atoms. The van der Waals surface area contributed by atoms with Crippen molar-refractivity contribution >= 4 is 8.32 Å². The summed E-state index contributed by atoms with van der Waals surface area (Å²) < 4.78 is 18.7. The molecule has 0 unspecified atom stereocenters. The molecule has 1 saturated heterocycles. The number of hydrogen-bond donors (Lipinski definition) is 1. The summed E-state index contributed by atoms with van der Waals surface area (Å²) in [6.45, 7) is 12.8. The van der Waals surface area contributed by atoms with E-state index in [4.69, 9.17) is 13.9 Å². The van der Waals surface area contributed by atoms with Gasteiger partial charge in [0.25, 0.3) is 0 Å². The van der Waals surface area contributed by atoms with Crippen LogP contribution in [0, 0.1) is 29.6 Å². The molecule has 4 rings (SSSR count). The Labute approximate surface area is 195 Å². The first-order valence-corrected chi connectivity index (χ1v) is 15.2. The predicted molar refractivity (Wildman–Crippen MR) is 130 cm³/mol. The highest BCUT2D eigenvalue weighted by Crippen LogP contribution is 2.57. The summed E-state index contributed by atoms with van der Waals surface area (Å²) in [5, 5.41) is 10.9. The quantitative estimate of drug-likeness (QED) is 0.491. The van der Waals surface area contributed by atoms with Gasteiger partial charge in [0.2, 0.25) is 0 Å². The fourth-order valence-corrected chi connectivity index (χ4v) is 6.49. The Morgan fingerprint density at radius 1 is 1.16 bits per heavy atom. The zero-order valence-electron chi connectivity index (χ0n) is 20.4. The van der Waals surface area contributed by atoms with Crippen molar-refractivity contribution in [3.63, 3.8) is 0 Å². The number of aryl methyl sites for hydroxylation is 1. The van der Waals surface area contributed by atoms with Crippen molar-refractivity contribution in [3.05, 3.63) is 35.9 Å². The molecule has 3 aliphatic rings. The third-order valence-electron chi connectivity index (χ3n) is 8.22. The van der Waals surface area contributed by atoms with Crippen LogP contribution in [0.1, 0.15) is 52.0 Å². The molecule has 1 heterocycles. The van der Waals surface area contributed by atoms with Gasteiger partial charge in [-0.15, -0.1) is 0 Å². The first kappa shape index (κ1) is 24.0. The Balaban J connectivity index is 1.49. The van der Waals surface area contributed by atoms with Crippen LogP contribution in [0.5, 0.6) is 0 Å². The standard InChI is InChI=1S/C27H40O4Si/c1-26(2,3)32(4,5)31-21(12-11-20-9-7-6-8-10-20)13-14-22-23-19-27(29-17-18-30-27)24(23)15-16-25(22)28/h6-10,21-25,28H,11-12,15-19H2,1-5H3/t21-,22-,23-,24+,25-/m1/s1. The first-order chi connectivity index (χ1) is 15.1. The molecule has 1 aliphatic heterocycles. The lowest BCUT2D eigenvalue weighted by Crippen LogP contribution is -2.60. The van der Waals surface area contributed by atoms with Crippen LogP contribution in [-0.4, -0.2) is 44.6 Å². The number of aliphatic hydroxyl groups excluding tert-OH is 1. The minimum Gasteiger partial charge on any atom is -0.403 e.